The third kappa shape index (κ3) is 5.47. The molecule has 238 valence electrons. The molecule has 0 aliphatic carbocycles. The van der Waals surface area contributed by atoms with Gasteiger partial charge in [-0.25, -0.2) is 34.7 Å². The van der Waals surface area contributed by atoms with Crippen LogP contribution < -0.4 is 0 Å². The van der Waals surface area contributed by atoms with Crippen LogP contribution >= 0.6 is 0 Å². The summed E-state index contributed by atoms with van der Waals surface area (Å²) >= 11 is 0. The SMILES string of the molecule is CC(C)(C)C1=Cc2nc1nc1nc(nc3cc(C(C)(C)C)c(nc4cc(C(C)(C)C)c(n2)[nH]4)[nH]3)-c2cc3cc(C(=O)O)ccc3cc2-1. The number of aromatic nitrogens is 8. The summed E-state index contributed by atoms with van der Waals surface area (Å²) < 4.78 is 0. The zero-order valence-corrected chi connectivity index (χ0v) is 28.2. The molecule has 0 saturated carbocycles. The van der Waals surface area contributed by atoms with Crippen molar-refractivity contribution in [3.63, 3.8) is 0 Å². The predicted molar refractivity (Wildman–Crippen MR) is 186 cm³/mol. The minimum absolute atomic E-state index is 0.204. The lowest BCUT2D eigenvalue weighted by Crippen LogP contribution is -2.10. The summed E-state index contributed by atoms with van der Waals surface area (Å²) in [7, 11) is 0. The number of H-pyrrole nitrogens is 2. The molecule has 47 heavy (non-hydrogen) atoms. The molecule has 10 heteroatoms. The van der Waals surface area contributed by atoms with E-state index in [0.717, 1.165) is 38.6 Å². The maximum absolute atomic E-state index is 11.8. The van der Waals surface area contributed by atoms with Crippen molar-refractivity contribution in [1.29, 1.82) is 0 Å². The van der Waals surface area contributed by atoms with Gasteiger partial charge in [0.2, 0.25) is 0 Å². The topological polar surface area (TPSA) is 146 Å². The highest BCUT2D eigenvalue weighted by molar-refractivity contribution is 6.00. The van der Waals surface area contributed by atoms with Crippen LogP contribution in [0.2, 0.25) is 0 Å². The van der Waals surface area contributed by atoms with Crippen LogP contribution in [0.5, 0.6) is 0 Å². The molecule has 2 aliphatic rings. The van der Waals surface area contributed by atoms with Gasteiger partial charge in [-0.15, -0.1) is 0 Å². The first-order valence-electron chi connectivity index (χ1n) is 15.7. The van der Waals surface area contributed by atoms with E-state index in [9.17, 15) is 9.90 Å². The number of nitrogens with one attached hydrogen (secondary N) is 2. The average Bonchev–Trinajstić information content (AvgIpc) is 3.72. The molecule has 0 fully saturated rings. The zero-order chi connectivity index (χ0) is 33.6. The molecule has 2 aromatic carbocycles. The lowest BCUT2D eigenvalue weighted by molar-refractivity contribution is 0.0697. The zero-order valence-electron chi connectivity index (χ0n) is 28.2. The molecule has 0 unspecified atom stereocenters. The number of carboxylic acid groups (broad SMARTS) is 1. The van der Waals surface area contributed by atoms with Crippen molar-refractivity contribution in [1.82, 2.24) is 39.9 Å². The van der Waals surface area contributed by atoms with Gasteiger partial charge in [-0.05, 0) is 69.5 Å². The minimum atomic E-state index is -0.982. The standard InChI is InChI=1S/C37H38N8O2/c1-35(2,3)23-15-26-38-29-22-14-20-12-19(34(46)47)11-10-18(20)13-21(22)30(44-29)45-33-25(37(7,8)9)17-28(43-33)42-32-24(36(4,5)6)16-27(41-32)40-31(23)39-26/h10-17H,1-9H3,(H,46,47)(H2,38,39,40,41,42,43,44,45). The summed E-state index contributed by atoms with van der Waals surface area (Å²) in [6.45, 7) is 19.3. The molecule has 0 amide bonds. The van der Waals surface area contributed by atoms with E-state index in [2.05, 4.69) is 78.3 Å². The summed E-state index contributed by atoms with van der Waals surface area (Å²) in [5.74, 6) is 1.05. The van der Waals surface area contributed by atoms with Crippen molar-refractivity contribution >= 4 is 51.0 Å². The van der Waals surface area contributed by atoms with Gasteiger partial charge in [0.25, 0.3) is 0 Å². The van der Waals surface area contributed by atoms with E-state index in [1.165, 1.54) is 0 Å². The van der Waals surface area contributed by atoms with Gasteiger partial charge in [-0.1, -0.05) is 68.4 Å². The Morgan fingerprint density at radius 2 is 1.15 bits per heavy atom. The molecular weight excluding hydrogens is 588 g/mol. The third-order valence-corrected chi connectivity index (χ3v) is 8.54. The first kappa shape index (κ1) is 30.4. The van der Waals surface area contributed by atoms with Gasteiger partial charge < -0.3 is 15.1 Å². The molecule has 5 heterocycles. The summed E-state index contributed by atoms with van der Waals surface area (Å²) in [5.41, 5.74) is 6.69. The van der Waals surface area contributed by atoms with E-state index in [4.69, 9.17) is 29.9 Å². The monoisotopic (exact) mass is 626 g/mol. The molecule has 3 aromatic heterocycles. The van der Waals surface area contributed by atoms with Crippen LogP contribution in [0.3, 0.4) is 0 Å². The molecule has 0 atom stereocenters. The van der Waals surface area contributed by atoms with Gasteiger partial charge in [-0.3, -0.25) is 0 Å². The van der Waals surface area contributed by atoms with Crippen molar-refractivity contribution in [3.05, 3.63) is 70.8 Å². The second-order valence-corrected chi connectivity index (χ2v) is 15.4. The van der Waals surface area contributed by atoms with Gasteiger partial charge >= 0.3 is 5.97 Å². The fourth-order valence-electron chi connectivity index (χ4n) is 6.03. The van der Waals surface area contributed by atoms with E-state index < -0.39 is 5.97 Å². The predicted octanol–water partition coefficient (Wildman–Crippen LogP) is 8.26. The number of hydrogen-bond acceptors (Lipinski definition) is 7. The van der Waals surface area contributed by atoms with Crippen LogP contribution in [-0.2, 0) is 10.8 Å². The van der Waals surface area contributed by atoms with Gasteiger partial charge in [0.15, 0.2) is 23.3 Å². The van der Waals surface area contributed by atoms with E-state index in [0.29, 0.717) is 45.9 Å². The van der Waals surface area contributed by atoms with Crippen molar-refractivity contribution in [2.24, 2.45) is 5.41 Å². The van der Waals surface area contributed by atoms with Crippen molar-refractivity contribution < 1.29 is 9.90 Å². The summed E-state index contributed by atoms with van der Waals surface area (Å²) in [5, 5.41) is 11.3. The highest BCUT2D eigenvalue weighted by Gasteiger charge is 2.28. The van der Waals surface area contributed by atoms with Gasteiger partial charge in [0.1, 0.15) is 22.6 Å². The number of aromatic amines is 2. The lowest BCUT2D eigenvalue weighted by Gasteiger charge is -2.18. The Bertz CT molecular complexity index is 2340. The van der Waals surface area contributed by atoms with Crippen LogP contribution in [0.4, 0.5) is 0 Å². The second-order valence-electron chi connectivity index (χ2n) is 15.4. The lowest BCUT2D eigenvalue weighted by atomic mass is 9.86. The van der Waals surface area contributed by atoms with Crippen LogP contribution in [0, 0.1) is 5.41 Å². The van der Waals surface area contributed by atoms with E-state index >= 15 is 0 Å². The normalized spacial score (nSPS) is 13.5. The Labute approximate surface area is 272 Å². The van der Waals surface area contributed by atoms with Gasteiger partial charge in [0.05, 0.1) is 5.56 Å². The smallest absolute Gasteiger partial charge is 0.335 e. The van der Waals surface area contributed by atoms with Crippen molar-refractivity contribution in [2.75, 3.05) is 0 Å². The Hall–Kier alpha value is -5.25. The summed E-state index contributed by atoms with van der Waals surface area (Å²) in [4.78, 5) is 48.7. The van der Waals surface area contributed by atoms with Crippen molar-refractivity contribution in [2.45, 2.75) is 73.1 Å². The largest absolute Gasteiger partial charge is 0.478 e. The first-order valence-corrected chi connectivity index (χ1v) is 15.7. The molecule has 3 N–H and O–H groups in total. The molecule has 2 aliphatic heterocycles. The molecule has 0 saturated heterocycles. The number of hydrogen-bond donors (Lipinski definition) is 3. The van der Waals surface area contributed by atoms with E-state index in [1.807, 2.05) is 30.3 Å². The molecule has 0 radical (unpaired) electrons. The first-order chi connectivity index (χ1) is 21.9. The number of carboxylic acids is 1. The number of carbonyl (C=O) groups is 1. The molecular formula is C37H38N8O2. The fraction of sp³-hybridized carbons (Fsp3) is 0.324. The minimum Gasteiger partial charge on any atom is -0.478 e. The highest BCUT2D eigenvalue weighted by atomic mass is 16.4. The third-order valence-electron chi connectivity index (χ3n) is 8.54. The molecule has 10 nitrogen and oxygen atoms in total. The van der Waals surface area contributed by atoms with E-state index in [-0.39, 0.29) is 21.8 Å². The Kier molecular flexibility index (Phi) is 6.55. The van der Waals surface area contributed by atoms with Gasteiger partial charge in [0, 0.05) is 27.8 Å². The Morgan fingerprint density at radius 1 is 0.596 bits per heavy atom. The number of fused-ring (bicyclic) bond motifs is 12. The maximum Gasteiger partial charge on any atom is 0.335 e. The van der Waals surface area contributed by atoms with E-state index in [1.54, 1.807) is 12.1 Å². The maximum atomic E-state index is 11.8. The van der Waals surface area contributed by atoms with Crippen LogP contribution in [0.1, 0.15) is 95.4 Å². The number of rotatable bonds is 1. The summed E-state index contributed by atoms with van der Waals surface area (Å²) in [6, 6.07) is 13.1. The number of aromatic carboxylic acids is 1. The number of benzene rings is 2. The molecule has 8 bridgehead atoms. The summed E-state index contributed by atoms with van der Waals surface area (Å²) in [6.07, 6.45) is 1.99. The second kappa shape index (κ2) is 10.1. The molecule has 5 aromatic rings. The van der Waals surface area contributed by atoms with Gasteiger partial charge in [-0.2, -0.15) is 0 Å². The Morgan fingerprint density at radius 3 is 1.74 bits per heavy atom. The van der Waals surface area contributed by atoms with Crippen LogP contribution in [0.15, 0.2) is 42.5 Å². The molecule has 7 rings (SSSR count). The average molecular weight is 627 g/mol. The quantitative estimate of drug-likeness (QED) is 0.165. The molecule has 0 spiro atoms. The van der Waals surface area contributed by atoms with Crippen molar-refractivity contribution in [3.8, 4) is 22.8 Å². The fourth-order valence-corrected chi connectivity index (χ4v) is 6.03. The number of nitrogens with zero attached hydrogens (tertiary/aromatic N) is 6. The Balaban J connectivity index is 1.63. The number of allylic oxidation sites excluding steroid dienone is 1. The highest BCUT2D eigenvalue weighted by Crippen LogP contribution is 2.40. The van der Waals surface area contributed by atoms with Crippen LogP contribution in [-0.4, -0.2) is 50.9 Å². The van der Waals surface area contributed by atoms with Crippen LogP contribution in [0.25, 0.3) is 67.8 Å².